The molecule has 26 heteroatoms. The number of carbonyl (C=O) groups excluding carboxylic acids is 1. The lowest BCUT2D eigenvalue weighted by molar-refractivity contribution is 0.106. The second-order valence-electron chi connectivity index (χ2n) is 12.4. The summed E-state index contributed by atoms with van der Waals surface area (Å²) in [5, 5.41) is 19.2. The molecule has 0 amide bonds. The molecule has 0 unspecified atom stereocenters. The summed E-state index contributed by atoms with van der Waals surface area (Å²) in [6.45, 7) is 0. The molecule has 0 aliphatic heterocycles. The molecule has 310 valence electrons. The Hall–Kier alpha value is -6.78. The molecule has 0 spiro atoms. The van der Waals surface area contributed by atoms with Crippen molar-refractivity contribution in [2.24, 2.45) is 25.6 Å². The van der Waals surface area contributed by atoms with Crippen LogP contribution in [0.15, 0.2) is 136 Å². The number of benzene rings is 5. The number of nitrogens with one attached hydrogen (secondary N) is 1. The Bertz CT molecular complexity index is 3230. The number of hydrogen-bond acceptors (Lipinski definition) is 18. The monoisotopic (exact) mass is 897 g/mol. The van der Waals surface area contributed by atoms with Crippen LogP contribution in [0.2, 0.25) is 0 Å². The van der Waals surface area contributed by atoms with Crippen LogP contribution in [-0.4, -0.2) is 63.4 Å². The second kappa shape index (κ2) is 15.8. The molecular weight excluding hydrogens is 871 g/mol. The van der Waals surface area contributed by atoms with Gasteiger partial charge in [0.1, 0.15) is 31.0 Å². The van der Waals surface area contributed by atoms with Crippen molar-refractivity contribution in [1.82, 2.24) is 0 Å². The number of para-hydroxylation sites is 1. The van der Waals surface area contributed by atoms with E-state index in [1.54, 1.807) is 18.2 Å². The minimum atomic E-state index is -5.32. The van der Waals surface area contributed by atoms with Crippen LogP contribution in [0.4, 0.5) is 45.5 Å². The molecule has 0 heterocycles. The standard InChI is InChI=1S/C34H27N9O13S4/c35-18-6-11-25(24(36)14-18)41-39-20-7-9-22(26(15-20)57(45,46)47)23-10-8-21(16-27(23)58(48,49)50)40-42-32-28(59(51,52)53)12-17-13-29(60(54,55)56)33(34(44)30(17)31(32)37)43-38-19-4-2-1-3-5-19/h1-16,38H,35-37H2,(H,45,46,47)(H,48,49,50)(H,51,52,53)(H,54,55,56)/b41-39?,42-40?,43-33-. The van der Waals surface area contributed by atoms with Gasteiger partial charge in [-0.25, -0.2) is 0 Å². The van der Waals surface area contributed by atoms with E-state index in [0.717, 1.165) is 24.3 Å². The van der Waals surface area contributed by atoms with Gasteiger partial charge >= 0.3 is 0 Å². The van der Waals surface area contributed by atoms with Crippen molar-refractivity contribution in [3.8, 4) is 11.1 Å². The maximum Gasteiger partial charge on any atom is 0.296 e. The lowest BCUT2D eigenvalue weighted by Crippen LogP contribution is -2.28. The maximum atomic E-state index is 13.7. The Kier molecular flexibility index (Phi) is 11.2. The number of nitrogens with zero attached hydrogens (tertiary/aromatic N) is 5. The molecule has 6 rings (SSSR count). The van der Waals surface area contributed by atoms with Crippen LogP contribution in [0.25, 0.3) is 17.2 Å². The van der Waals surface area contributed by atoms with Gasteiger partial charge in [0.25, 0.3) is 40.5 Å². The number of Topliss-reactive ketones (excluding diaryl/α,β-unsaturated/α-hetero) is 1. The molecule has 0 radical (unpaired) electrons. The molecule has 60 heavy (non-hydrogen) atoms. The number of nitrogens with two attached hydrogens (primary N) is 3. The van der Waals surface area contributed by atoms with Gasteiger partial charge in [0, 0.05) is 16.8 Å². The second-order valence-corrected chi connectivity index (χ2v) is 17.9. The fourth-order valence-corrected chi connectivity index (χ4v) is 8.41. The Morgan fingerprint density at radius 3 is 1.63 bits per heavy atom. The molecule has 0 bridgehead atoms. The first-order chi connectivity index (χ1) is 27.9. The van der Waals surface area contributed by atoms with Crippen LogP contribution in [0.3, 0.4) is 0 Å². The minimum Gasteiger partial charge on any atom is -0.399 e. The van der Waals surface area contributed by atoms with Gasteiger partial charge in [0.05, 0.1) is 34.0 Å². The van der Waals surface area contributed by atoms with Crippen LogP contribution in [0.5, 0.6) is 0 Å². The summed E-state index contributed by atoms with van der Waals surface area (Å²) >= 11 is 0. The molecule has 0 fully saturated rings. The SMILES string of the molecule is Nc1ccc(N=Nc2ccc(-c3ccc(N=Nc4c(S(=O)(=O)O)cc5c(c4N)C(=O)/C(=N\Nc4ccccc4)C(S(=O)(=O)O)=C5)cc3S(=O)(=O)O)c(S(=O)(=O)O)c2)c(N)c1. The first-order valence-electron chi connectivity index (χ1n) is 16.2. The number of ketones is 1. The highest BCUT2D eigenvalue weighted by Crippen LogP contribution is 2.42. The highest BCUT2D eigenvalue weighted by atomic mass is 32.2. The topological polar surface area (TPSA) is 386 Å². The van der Waals surface area contributed by atoms with Crippen molar-refractivity contribution < 1.29 is 56.7 Å². The van der Waals surface area contributed by atoms with Crippen LogP contribution in [0, 0.1) is 0 Å². The first kappa shape index (κ1) is 42.8. The van der Waals surface area contributed by atoms with E-state index in [1.165, 1.54) is 36.4 Å². The summed E-state index contributed by atoms with van der Waals surface area (Å²) in [7, 11) is -20.9. The molecule has 0 saturated carbocycles. The van der Waals surface area contributed by atoms with E-state index in [4.69, 9.17) is 17.2 Å². The van der Waals surface area contributed by atoms with Crippen molar-refractivity contribution in [2.45, 2.75) is 14.7 Å². The smallest absolute Gasteiger partial charge is 0.296 e. The van der Waals surface area contributed by atoms with Gasteiger partial charge in [-0.05, 0) is 72.3 Å². The van der Waals surface area contributed by atoms with Crippen molar-refractivity contribution in [1.29, 1.82) is 0 Å². The number of hydrazone groups is 1. The van der Waals surface area contributed by atoms with E-state index in [-0.39, 0.29) is 22.7 Å². The molecule has 11 N–H and O–H groups in total. The zero-order chi connectivity index (χ0) is 43.9. The minimum absolute atomic E-state index is 0.138. The molecule has 5 aromatic rings. The molecule has 1 aliphatic carbocycles. The summed E-state index contributed by atoms with van der Waals surface area (Å²) in [6.07, 6.45) is 0.673. The Morgan fingerprint density at radius 2 is 1.12 bits per heavy atom. The number of fused-ring (bicyclic) bond motifs is 1. The Balaban J connectivity index is 1.45. The molecule has 1 aliphatic rings. The lowest BCUT2D eigenvalue weighted by atomic mass is 9.92. The van der Waals surface area contributed by atoms with E-state index in [1.807, 2.05) is 0 Å². The molecule has 0 aromatic heterocycles. The predicted molar refractivity (Wildman–Crippen MR) is 217 cm³/mol. The third kappa shape index (κ3) is 9.09. The number of nitrogen functional groups attached to an aromatic ring is 3. The number of azo groups is 2. The van der Waals surface area contributed by atoms with Crippen LogP contribution < -0.4 is 22.6 Å². The molecular formula is C34H27N9O13S4. The fourth-order valence-electron chi connectivity index (χ4n) is 5.63. The van der Waals surface area contributed by atoms with E-state index in [2.05, 4.69) is 31.0 Å². The van der Waals surface area contributed by atoms with Gasteiger partial charge in [-0.3, -0.25) is 28.4 Å². The largest absolute Gasteiger partial charge is 0.399 e. The van der Waals surface area contributed by atoms with E-state index in [9.17, 15) is 56.7 Å². The number of carbonyl (C=O) groups is 1. The predicted octanol–water partition coefficient (Wildman–Crippen LogP) is 5.56. The quantitative estimate of drug-likeness (QED) is 0.0348. The average Bonchev–Trinajstić information content (AvgIpc) is 3.15. The average molecular weight is 898 g/mol. The van der Waals surface area contributed by atoms with Crippen LogP contribution in [0.1, 0.15) is 15.9 Å². The summed E-state index contributed by atoms with van der Waals surface area (Å²) in [6, 6.07) is 18.5. The fraction of sp³-hybridized carbons (Fsp3) is 0. The highest BCUT2D eigenvalue weighted by molar-refractivity contribution is 7.91. The number of allylic oxidation sites excluding steroid dienone is 1. The van der Waals surface area contributed by atoms with Crippen molar-refractivity contribution in [2.75, 3.05) is 22.6 Å². The zero-order valence-electron chi connectivity index (χ0n) is 29.8. The molecule has 5 aromatic carbocycles. The van der Waals surface area contributed by atoms with E-state index >= 15 is 0 Å². The third-order valence-electron chi connectivity index (χ3n) is 8.29. The Morgan fingerprint density at radius 1 is 0.567 bits per heavy atom. The summed E-state index contributed by atoms with van der Waals surface area (Å²) in [5.41, 5.74) is 15.9. The van der Waals surface area contributed by atoms with E-state index in [0.29, 0.717) is 23.9 Å². The van der Waals surface area contributed by atoms with Crippen molar-refractivity contribution >= 4 is 104 Å². The molecule has 22 nitrogen and oxygen atoms in total. The number of rotatable bonds is 11. The van der Waals surface area contributed by atoms with Gasteiger partial charge in [0.15, 0.2) is 5.71 Å². The summed E-state index contributed by atoms with van der Waals surface area (Å²) < 4.78 is 140. The van der Waals surface area contributed by atoms with Crippen LogP contribution >= 0.6 is 0 Å². The maximum absolute atomic E-state index is 13.7. The first-order valence-corrected chi connectivity index (χ1v) is 22.0. The normalized spacial score (nSPS) is 14.4. The van der Waals surface area contributed by atoms with Crippen molar-refractivity contribution in [3.63, 3.8) is 0 Å². The van der Waals surface area contributed by atoms with Gasteiger partial charge in [-0.1, -0.05) is 30.3 Å². The van der Waals surface area contributed by atoms with E-state index < -0.39 is 111 Å². The summed E-state index contributed by atoms with van der Waals surface area (Å²) in [4.78, 5) is 9.70. The van der Waals surface area contributed by atoms with Gasteiger partial charge in [-0.2, -0.15) is 49.0 Å². The summed E-state index contributed by atoms with van der Waals surface area (Å²) in [5.74, 6) is -1.26. The van der Waals surface area contributed by atoms with Crippen molar-refractivity contribution in [3.05, 3.63) is 107 Å². The third-order valence-corrected chi connectivity index (χ3v) is 11.8. The highest BCUT2D eigenvalue weighted by Gasteiger charge is 2.37. The van der Waals surface area contributed by atoms with Gasteiger partial charge in [0.2, 0.25) is 5.78 Å². The molecule has 0 atom stereocenters. The number of anilines is 4. The van der Waals surface area contributed by atoms with Gasteiger partial charge in [-0.15, -0.1) is 10.2 Å². The zero-order valence-corrected chi connectivity index (χ0v) is 33.1. The lowest BCUT2D eigenvalue weighted by Gasteiger charge is -2.20. The van der Waals surface area contributed by atoms with Crippen LogP contribution in [-0.2, 0) is 40.5 Å². The molecule has 0 saturated heterocycles. The Labute approximate surface area is 339 Å². The number of hydrogen-bond donors (Lipinski definition) is 8. The van der Waals surface area contributed by atoms with Gasteiger partial charge < -0.3 is 17.2 Å².